The Morgan fingerprint density at radius 1 is 1.31 bits per heavy atom. The van der Waals surface area contributed by atoms with E-state index in [2.05, 4.69) is 5.32 Å². The Morgan fingerprint density at radius 2 is 2.00 bits per heavy atom. The molecule has 0 aromatic heterocycles. The van der Waals surface area contributed by atoms with Gasteiger partial charge >= 0.3 is 0 Å². The van der Waals surface area contributed by atoms with E-state index in [1.807, 2.05) is 0 Å². The van der Waals surface area contributed by atoms with Crippen molar-refractivity contribution >= 4 is 29.1 Å². The van der Waals surface area contributed by atoms with Crippen LogP contribution in [0.25, 0.3) is 0 Å². The third-order valence-electron chi connectivity index (χ3n) is 4.21. The number of primary amides is 1. The highest BCUT2D eigenvalue weighted by Crippen LogP contribution is 2.32. The number of carbonyl (C=O) groups excluding carboxylic acids is 3. The Balaban J connectivity index is 2.27. The average Bonchev–Trinajstić information content (AvgIpc) is 2.61. The van der Waals surface area contributed by atoms with Gasteiger partial charge in [0.25, 0.3) is 24.7 Å². The molecule has 160 valence electrons. The first-order valence-corrected chi connectivity index (χ1v) is 8.50. The number of rotatable bonds is 8. The molecule has 1 heterocycles. The molecule has 0 saturated carbocycles. The maximum Gasteiger partial charge on any atom is 0.265 e. The number of nitrogens with one attached hydrogen (secondary N) is 1. The Bertz CT molecular complexity index is 778. The SMILES string of the molecule is CN(CC(F)F)[C@H](C(N)=O)C(=O)Nc1ccc(N2CCOCC2=O)cc1C(F)F. The van der Waals surface area contributed by atoms with Crippen molar-refractivity contribution in [3.8, 4) is 0 Å². The van der Waals surface area contributed by atoms with Gasteiger partial charge in [0.1, 0.15) is 6.61 Å². The Kier molecular flexibility index (Phi) is 7.51. The van der Waals surface area contributed by atoms with Crippen LogP contribution in [0, 0.1) is 0 Å². The monoisotopic (exact) mass is 420 g/mol. The fourth-order valence-corrected chi connectivity index (χ4v) is 2.87. The molecule has 0 unspecified atom stereocenters. The molecule has 0 aliphatic carbocycles. The number of nitrogens with zero attached hydrogens (tertiary/aromatic N) is 2. The molecule has 29 heavy (non-hydrogen) atoms. The molecule has 0 radical (unpaired) electrons. The second kappa shape index (κ2) is 9.65. The minimum atomic E-state index is -3.02. The normalized spacial score (nSPS) is 15.9. The largest absolute Gasteiger partial charge is 0.370 e. The molecule has 1 fully saturated rings. The van der Waals surface area contributed by atoms with Crippen molar-refractivity contribution in [2.24, 2.45) is 5.73 Å². The van der Waals surface area contributed by atoms with Crippen molar-refractivity contribution in [3.63, 3.8) is 0 Å². The maximum absolute atomic E-state index is 13.5. The molecular formula is C17H20F4N4O4. The molecule has 2 rings (SSSR count). The second-order valence-electron chi connectivity index (χ2n) is 6.30. The summed E-state index contributed by atoms with van der Waals surface area (Å²) in [5.74, 6) is -2.74. The quantitative estimate of drug-likeness (QED) is 0.482. The molecule has 0 spiro atoms. The lowest BCUT2D eigenvalue weighted by molar-refractivity contribution is -0.132. The second-order valence-corrected chi connectivity index (χ2v) is 6.30. The Hall–Kier alpha value is -2.73. The molecule has 3 amide bonds. The van der Waals surface area contributed by atoms with Gasteiger partial charge in [-0.1, -0.05) is 0 Å². The zero-order valence-electron chi connectivity index (χ0n) is 15.4. The standard InChI is InChI=1S/C17H20F4N4O4/c1-24(7-12(18)19)14(16(22)27)17(28)23-11-3-2-9(6-10(11)15(20)21)25-4-5-29-8-13(25)26/h2-3,6,12,14-15H,4-5,7-8H2,1H3,(H2,22,27)(H,23,28)/t14-/m1/s1. The van der Waals surface area contributed by atoms with E-state index in [9.17, 15) is 31.9 Å². The van der Waals surface area contributed by atoms with E-state index in [0.29, 0.717) is 0 Å². The van der Waals surface area contributed by atoms with Gasteiger partial charge in [-0.15, -0.1) is 0 Å². The summed E-state index contributed by atoms with van der Waals surface area (Å²) >= 11 is 0. The summed E-state index contributed by atoms with van der Waals surface area (Å²) in [4.78, 5) is 37.8. The van der Waals surface area contributed by atoms with Crippen LogP contribution < -0.4 is 16.0 Å². The Morgan fingerprint density at radius 3 is 2.55 bits per heavy atom. The highest BCUT2D eigenvalue weighted by atomic mass is 19.3. The molecular weight excluding hydrogens is 400 g/mol. The van der Waals surface area contributed by atoms with Crippen molar-refractivity contribution < 1.29 is 36.7 Å². The molecule has 0 bridgehead atoms. The van der Waals surface area contributed by atoms with Crippen molar-refractivity contribution in [3.05, 3.63) is 23.8 Å². The van der Waals surface area contributed by atoms with E-state index >= 15 is 0 Å². The van der Waals surface area contributed by atoms with Crippen LogP contribution in [0.5, 0.6) is 0 Å². The topological polar surface area (TPSA) is 105 Å². The van der Waals surface area contributed by atoms with Crippen LogP contribution in [0.15, 0.2) is 18.2 Å². The number of alkyl halides is 4. The van der Waals surface area contributed by atoms with Gasteiger partial charge in [-0.05, 0) is 25.2 Å². The van der Waals surface area contributed by atoms with Crippen LogP contribution in [0.1, 0.15) is 12.0 Å². The lowest BCUT2D eigenvalue weighted by Gasteiger charge is -2.28. The third-order valence-corrected chi connectivity index (χ3v) is 4.21. The Labute approximate surface area is 163 Å². The first-order chi connectivity index (χ1) is 13.6. The highest BCUT2D eigenvalue weighted by Gasteiger charge is 2.31. The van der Waals surface area contributed by atoms with Gasteiger partial charge in [-0.3, -0.25) is 19.3 Å². The fourth-order valence-electron chi connectivity index (χ4n) is 2.87. The predicted octanol–water partition coefficient (Wildman–Crippen LogP) is 0.977. The third kappa shape index (κ3) is 5.64. The summed E-state index contributed by atoms with van der Waals surface area (Å²) in [6.45, 7) is -0.680. The zero-order chi connectivity index (χ0) is 21.7. The highest BCUT2D eigenvalue weighted by molar-refractivity contribution is 6.10. The van der Waals surface area contributed by atoms with Crippen molar-refractivity contribution in [1.82, 2.24) is 4.90 Å². The molecule has 1 aliphatic rings. The van der Waals surface area contributed by atoms with Crippen LogP contribution in [-0.2, 0) is 19.1 Å². The van der Waals surface area contributed by atoms with Gasteiger partial charge in [0.05, 0.1) is 13.2 Å². The number of carbonyl (C=O) groups is 3. The van der Waals surface area contributed by atoms with E-state index in [-0.39, 0.29) is 31.1 Å². The molecule has 8 nitrogen and oxygen atoms in total. The van der Waals surface area contributed by atoms with Crippen LogP contribution in [0.4, 0.5) is 28.9 Å². The number of nitrogens with two attached hydrogens (primary N) is 1. The van der Waals surface area contributed by atoms with Gasteiger partial charge < -0.3 is 20.7 Å². The summed E-state index contributed by atoms with van der Waals surface area (Å²) in [7, 11) is 1.09. The van der Waals surface area contributed by atoms with Crippen LogP contribution in [-0.4, -0.2) is 68.4 Å². The number of benzene rings is 1. The van der Waals surface area contributed by atoms with Gasteiger partial charge in [-0.2, -0.15) is 0 Å². The van der Waals surface area contributed by atoms with E-state index in [1.165, 1.54) is 11.0 Å². The number of hydrogen-bond donors (Lipinski definition) is 2. The van der Waals surface area contributed by atoms with Gasteiger partial charge in [0.2, 0.25) is 5.91 Å². The molecule has 1 saturated heterocycles. The van der Waals surface area contributed by atoms with Gasteiger partial charge in [0.15, 0.2) is 6.04 Å². The average molecular weight is 420 g/mol. The van der Waals surface area contributed by atoms with Crippen LogP contribution >= 0.6 is 0 Å². The lowest BCUT2D eigenvalue weighted by atomic mass is 10.1. The number of amides is 3. The summed E-state index contributed by atoms with van der Waals surface area (Å²) in [5.41, 5.74) is 4.37. The zero-order valence-corrected chi connectivity index (χ0v) is 15.4. The van der Waals surface area contributed by atoms with Crippen molar-refractivity contribution in [1.29, 1.82) is 0 Å². The fraction of sp³-hybridized carbons (Fsp3) is 0.471. The summed E-state index contributed by atoms with van der Waals surface area (Å²) in [5, 5.41) is 2.13. The summed E-state index contributed by atoms with van der Waals surface area (Å²) in [6.07, 6.45) is -5.86. The smallest absolute Gasteiger partial charge is 0.265 e. The van der Waals surface area contributed by atoms with Crippen molar-refractivity contribution in [2.75, 3.05) is 43.6 Å². The first-order valence-electron chi connectivity index (χ1n) is 8.50. The van der Waals surface area contributed by atoms with E-state index in [0.717, 1.165) is 24.1 Å². The molecule has 1 atom stereocenters. The minimum absolute atomic E-state index is 0.176. The number of anilines is 2. The predicted molar refractivity (Wildman–Crippen MR) is 94.8 cm³/mol. The van der Waals surface area contributed by atoms with E-state index < -0.39 is 48.7 Å². The van der Waals surface area contributed by atoms with E-state index in [1.54, 1.807) is 0 Å². The summed E-state index contributed by atoms with van der Waals surface area (Å²) < 4.78 is 57.2. The number of likely N-dealkylation sites (N-methyl/N-ethyl adjacent to an activating group) is 1. The number of hydrogen-bond acceptors (Lipinski definition) is 5. The molecule has 12 heteroatoms. The first kappa shape index (κ1) is 22.6. The van der Waals surface area contributed by atoms with Crippen molar-refractivity contribution in [2.45, 2.75) is 18.9 Å². The summed E-state index contributed by atoms with van der Waals surface area (Å²) in [6, 6.07) is 1.73. The molecule has 1 aliphatic heterocycles. The van der Waals surface area contributed by atoms with Gasteiger partial charge in [-0.25, -0.2) is 17.6 Å². The maximum atomic E-state index is 13.5. The lowest BCUT2D eigenvalue weighted by Crippen LogP contribution is -2.51. The van der Waals surface area contributed by atoms with Gasteiger partial charge in [0, 0.05) is 23.5 Å². The number of ether oxygens (including phenoxy) is 1. The van der Waals surface area contributed by atoms with Crippen LogP contribution in [0.2, 0.25) is 0 Å². The van der Waals surface area contributed by atoms with E-state index in [4.69, 9.17) is 10.5 Å². The molecule has 3 N–H and O–H groups in total. The molecule has 1 aromatic carbocycles. The molecule has 1 aromatic rings. The number of morpholine rings is 1. The minimum Gasteiger partial charge on any atom is -0.370 e. The van der Waals surface area contributed by atoms with Crippen LogP contribution in [0.3, 0.4) is 0 Å². The number of halogens is 4.